The average Bonchev–Trinajstić information content (AvgIpc) is 3.12. The van der Waals surface area contributed by atoms with E-state index in [1.807, 2.05) is 6.92 Å². The van der Waals surface area contributed by atoms with Gasteiger partial charge in [-0.2, -0.15) is 18.3 Å². The summed E-state index contributed by atoms with van der Waals surface area (Å²) in [5.41, 5.74) is 1.28. The molecule has 0 atom stereocenters. The van der Waals surface area contributed by atoms with Crippen LogP contribution in [0, 0.1) is 6.92 Å². The number of hydrogen-bond acceptors (Lipinski definition) is 4. The van der Waals surface area contributed by atoms with Crippen molar-refractivity contribution in [2.45, 2.75) is 26.4 Å². The molecule has 4 nitrogen and oxygen atoms in total. The molecule has 126 valence electrons. The summed E-state index contributed by atoms with van der Waals surface area (Å²) in [5.74, 6) is 0.903. The molecular formula is C15H12ClF3N4S. The van der Waals surface area contributed by atoms with Crippen LogP contribution in [0.2, 0.25) is 5.15 Å². The first-order valence-electron chi connectivity index (χ1n) is 7.04. The monoisotopic (exact) mass is 372 g/mol. The summed E-state index contributed by atoms with van der Waals surface area (Å²) in [6.07, 6.45) is -3.88. The van der Waals surface area contributed by atoms with Crippen LogP contribution in [0.15, 0.2) is 23.7 Å². The minimum Gasteiger partial charge on any atom is -0.232 e. The lowest BCUT2D eigenvalue weighted by atomic mass is 10.1. The van der Waals surface area contributed by atoms with Crippen molar-refractivity contribution >= 4 is 22.9 Å². The summed E-state index contributed by atoms with van der Waals surface area (Å²) < 4.78 is 40.9. The van der Waals surface area contributed by atoms with Gasteiger partial charge in [0, 0.05) is 6.42 Å². The lowest BCUT2D eigenvalue weighted by Crippen LogP contribution is -2.09. The Labute approximate surface area is 144 Å². The minimum absolute atomic E-state index is 0.152. The molecule has 0 bridgehead atoms. The third kappa shape index (κ3) is 3.03. The number of halogens is 4. The fourth-order valence-electron chi connectivity index (χ4n) is 2.26. The molecule has 0 spiro atoms. The first-order valence-corrected chi connectivity index (χ1v) is 8.30. The van der Waals surface area contributed by atoms with Gasteiger partial charge in [-0.1, -0.05) is 24.6 Å². The number of hydrogen-bond donors (Lipinski definition) is 0. The number of alkyl halides is 3. The second-order valence-electron chi connectivity index (χ2n) is 5.09. The molecule has 9 heteroatoms. The van der Waals surface area contributed by atoms with Gasteiger partial charge in [-0.25, -0.2) is 14.6 Å². The van der Waals surface area contributed by atoms with Crippen molar-refractivity contribution < 1.29 is 13.2 Å². The van der Waals surface area contributed by atoms with Gasteiger partial charge in [-0.3, -0.25) is 0 Å². The second kappa shape index (κ2) is 6.18. The smallest absolute Gasteiger partial charge is 0.232 e. The van der Waals surface area contributed by atoms with Crippen LogP contribution < -0.4 is 0 Å². The number of benzene rings is 1. The molecule has 3 rings (SSSR count). The summed E-state index contributed by atoms with van der Waals surface area (Å²) >= 11 is 7.31. The highest BCUT2D eigenvalue weighted by molar-refractivity contribution is 7.13. The zero-order valence-electron chi connectivity index (χ0n) is 12.7. The van der Waals surface area contributed by atoms with E-state index in [2.05, 4.69) is 15.1 Å². The standard InChI is InChI=1S/C15H12ClF3N4S/c1-3-11-21-14(12-13(16)20-7-24-12)23(22-11)9-5-4-8(2)10(6-9)15(17,18)19/h4-7H,3H2,1-2H3. The molecule has 2 heterocycles. The maximum absolute atomic E-state index is 13.2. The molecule has 0 aliphatic heterocycles. The van der Waals surface area contributed by atoms with Gasteiger partial charge in [0.1, 0.15) is 4.88 Å². The van der Waals surface area contributed by atoms with Crippen molar-refractivity contribution in [1.82, 2.24) is 19.7 Å². The zero-order chi connectivity index (χ0) is 17.5. The van der Waals surface area contributed by atoms with Crippen LogP contribution >= 0.6 is 22.9 Å². The Morgan fingerprint density at radius 1 is 1.29 bits per heavy atom. The lowest BCUT2D eigenvalue weighted by molar-refractivity contribution is -0.138. The first-order chi connectivity index (χ1) is 11.3. The van der Waals surface area contributed by atoms with E-state index < -0.39 is 11.7 Å². The summed E-state index contributed by atoms with van der Waals surface area (Å²) in [4.78, 5) is 8.90. The molecule has 2 aromatic heterocycles. The van der Waals surface area contributed by atoms with Crippen molar-refractivity contribution in [3.63, 3.8) is 0 Å². The third-order valence-electron chi connectivity index (χ3n) is 3.47. The molecular weight excluding hydrogens is 361 g/mol. The summed E-state index contributed by atoms with van der Waals surface area (Å²) in [5, 5.41) is 4.56. The maximum atomic E-state index is 13.2. The summed E-state index contributed by atoms with van der Waals surface area (Å²) in [6, 6.07) is 4.07. The number of rotatable bonds is 3. The molecule has 0 unspecified atom stereocenters. The van der Waals surface area contributed by atoms with E-state index in [-0.39, 0.29) is 16.4 Å². The fraction of sp³-hybridized carbons (Fsp3) is 0.267. The molecule has 1 aromatic carbocycles. The van der Waals surface area contributed by atoms with Crippen molar-refractivity contribution in [2.75, 3.05) is 0 Å². The van der Waals surface area contributed by atoms with E-state index in [9.17, 15) is 13.2 Å². The zero-order valence-corrected chi connectivity index (χ0v) is 14.3. The molecule has 0 fully saturated rings. The maximum Gasteiger partial charge on any atom is 0.416 e. The summed E-state index contributed by atoms with van der Waals surface area (Å²) in [7, 11) is 0. The Hall–Kier alpha value is -1.93. The predicted molar refractivity (Wildman–Crippen MR) is 86.6 cm³/mol. The van der Waals surface area contributed by atoms with Gasteiger partial charge in [-0.15, -0.1) is 11.3 Å². The third-order valence-corrected chi connectivity index (χ3v) is 4.69. The van der Waals surface area contributed by atoms with Crippen molar-refractivity contribution in [3.8, 4) is 16.4 Å². The van der Waals surface area contributed by atoms with Crippen LogP contribution in [0.4, 0.5) is 13.2 Å². The van der Waals surface area contributed by atoms with E-state index in [0.717, 1.165) is 6.07 Å². The Kier molecular flexibility index (Phi) is 4.35. The molecule has 3 aromatic rings. The topological polar surface area (TPSA) is 43.6 Å². The summed E-state index contributed by atoms with van der Waals surface area (Å²) in [6.45, 7) is 3.29. The van der Waals surface area contributed by atoms with Gasteiger partial charge in [-0.05, 0) is 24.6 Å². The fourth-order valence-corrected chi connectivity index (χ4v) is 3.23. The van der Waals surface area contributed by atoms with Gasteiger partial charge in [0.05, 0.1) is 16.8 Å². The van der Waals surface area contributed by atoms with Crippen LogP contribution in [0.3, 0.4) is 0 Å². The van der Waals surface area contributed by atoms with Gasteiger partial charge < -0.3 is 0 Å². The second-order valence-corrected chi connectivity index (χ2v) is 6.30. The van der Waals surface area contributed by atoms with Gasteiger partial charge in [0.2, 0.25) is 0 Å². The number of thiazole rings is 1. The van der Waals surface area contributed by atoms with E-state index in [1.165, 1.54) is 29.0 Å². The Morgan fingerprint density at radius 3 is 2.62 bits per heavy atom. The molecule has 24 heavy (non-hydrogen) atoms. The lowest BCUT2D eigenvalue weighted by Gasteiger charge is -2.12. The number of nitrogens with zero attached hydrogens (tertiary/aromatic N) is 4. The largest absolute Gasteiger partial charge is 0.416 e. The molecule has 0 saturated carbocycles. The number of aryl methyl sites for hydroxylation is 2. The Balaban J connectivity index is 2.20. The molecule has 0 aliphatic rings. The highest BCUT2D eigenvalue weighted by atomic mass is 35.5. The van der Waals surface area contributed by atoms with Crippen LogP contribution in [-0.4, -0.2) is 19.7 Å². The van der Waals surface area contributed by atoms with Crippen molar-refractivity contribution in [1.29, 1.82) is 0 Å². The van der Waals surface area contributed by atoms with Crippen LogP contribution in [0.1, 0.15) is 23.9 Å². The first kappa shape index (κ1) is 16.9. The van der Waals surface area contributed by atoms with Crippen molar-refractivity contribution in [2.24, 2.45) is 0 Å². The van der Waals surface area contributed by atoms with Gasteiger partial charge >= 0.3 is 6.18 Å². The molecule has 0 aliphatic carbocycles. The van der Waals surface area contributed by atoms with Crippen LogP contribution in [0.25, 0.3) is 16.4 Å². The molecule has 0 amide bonds. The quantitative estimate of drug-likeness (QED) is 0.654. The average molecular weight is 373 g/mol. The molecule has 0 saturated heterocycles. The van der Waals surface area contributed by atoms with Gasteiger partial charge in [0.15, 0.2) is 16.8 Å². The van der Waals surface area contributed by atoms with E-state index >= 15 is 0 Å². The highest BCUT2D eigenvalue weighted by Gasteiger charge is 2.33. The van der Waals surface area contributed by atoms with E-state index in [1.54, 1.807) is 11.6 Å². The Bertz CT molecular complexity index is 885. The SMILES string of the molecule is CCc1nc(-c2scnc2Cl)n(-c2ccc(C)c(C(F)(F)F)c2)n1. The molecule has 0 N–H and O–H groups in total. The highest BCUT2D eigenvalue weighted by Crippen LogP contribution is 2.35. The number of aromatic nitrogens is 4. The van der Waals surface area contributed by atoms with E-state index in [0.29, 0.717) is 22.9 Å². The minimum atomic E-state index is -4.43. The Morgan fingerprint density at radius 2 is 2.04 bits per heavy atom. The van der Waals surface area contributed by atoms with Crippen LogP contribution in [-0.2, 0) is 12.6 Å². The predicted octanol–water partition coefficient (Wildman–Crippen LogP) is 4.93. The van der Waals surface area contributed by atoms with Crippen LogP contribution in [0.5, 0.6) is 0 Å². The van der Waals surface area contributed by atoms with E-state index in [4.69, 9.17) is 11.6 Å². The normalized spacial score (nSPS) is 11.9. The molecule has 0 radical (unpaired) electrons. The van der Waals surface area contributed by atoms with Crippen molar-refractivity contribution in [3.05, 3.63) is 45.8 Å². The van der Waals surface area contributed by atoms with Gasteiger partial charge in [0.25, 0.3) is 0 Å².